The maximum absolute atomic E-state index is 12.7. The van der Waals surface area contributed by atoms with Crippen molar-refractivity contribution in [3.8, 4) is 5.75 Å². The summed E-state index contributed by atoms with van der Waals surface area (Å²) >= 11 is 0. The molecule has 5 nitrogen and oxygen atoms in total. The van der Waals surface area contributed by atoms with E-state index in [9.17, 15) is 14.4 Å². The van der Waals surface area contributed by atoms with Crippen LogP contribution >= 0.6 is 0 Å². The molecular formula is C23H25NO4. The van der Waals surface area contributed by atoms with Gasteiger partial charge < -0.3 is 9.64 Å². The molecule has 146 valence electrons. The lowest BCUT2D eigenvalue weighted by molar-refractivity contribution is -0.139. The van der Waals surface area contributed by atoms with Crippen molar-refractivity contribution in [1.82, 2.24) is 0 Å². The van der Waals surface area contributed by atoms with E-state index < -0.39 is 11.9 Å². The van der Waals surface area contributed by atoms with E-state index in [2.05, 4.69) is 13.8 Å². The molecule has 2 aromatic rings. The third-order valence-corrected chi connectivity index (χ3v) is 5.17. The number of para-hydroxylation sites is 2. The zero-order valence-electron chi connectivity index (χ0n) is 16.5. The standard InChI is InChI=1S/C23H25NO4/c1-4-16-9-8-10-17(5-2)22(16)24-14-18(13-21(24)26)23(27)28-20-12-7-6-11-19(20)15(3)25/h6-12,18H,4-5,13-14H2,1-3H3/t18-/m1/s1. The van der Waals surface area contributed by atoms with E-state index in [0.717, 1.165) is 29.7 Å². The largest absolute Gasteiger partial charge is 0.425 e. The molecule has 1 aliphatic heterocycles. The van der Waals surface area contributed by atoms with E-state index in [4.69, 9.17) is 4.74 Å². The third kappa shape index (κ3) is 3.84. The summed E-state index contributed by atoms with van der Waals surface area (Å²) in [6.07, 6.45) is 1.74. The van der Waals surface area contributed by atoms with Crippen LogP contribution in [0.15, 0.2) is 42.5 Å². The van der Waals surface area contributed by atoms with Crippen LogP contribution in [-0.4, -0.2) is 24.2 Å². The first-order chi connectivity index (χ1) is 13.5. The fraction of sp³-hybridized carbons (Fsp3) is 0.348. The first-order valence-electron chi connectivity index (χ1n) is 9.69. The Morgan fingerprint density at radius 3 is 2.29 bits per heavy atom. The smallest absolute Gasteiger partial charge is 0.316 e. The zero-order chi connectivity index (χ0) is 20.3. The average molecular weight is 379 g/mol. The average Bonchev–Trinajstić information content (AvgIpc) is 3.08. The molecule has 0 saturated carbocycles. The fourth-order valence-electron chi connectivity index (χ4n) is 3.68. The maximum Gasteiger partial charge on any atom is 0.316 e. The minimum absolute atomic E-state index is 0.0718. The second kappa shape index (κ2) is 8.38. The molecular weight excluding hydrogens is 354 g/mol. The molecule has 3 rings (SSSR count). The molecule has 1 heterocycles. The van der Waals surface area contributed by atoms with Gasteiger partial charge in [-0.05, 0) is 43.0 Å². The number of rotatable bonds is 6. The van der Waals surface area contributed by atoms with Gasteiger partial charge in [0.25, 0.3) is 0 Å². The van der Waals surface area contributed by atoms with Crippen LogP contribution in [0.4, 0.5) is 5.69 Å². The number of ether oxygens (including phenoxy) is 1. The highest BCUT2D eigenvalue weighted by atomic mass is 16.5. The van der Waals surface area contributed by atoms with Crippen molar-refractivity contribution in [1.29, 1.82) is 0 Å². The van der Waals surface area contributed by atoms with Gasteiger partial charge in [-0.3, -0.25) is 14.4 Å². The van der Waals surface area contributed by atoms with Crippen molar-refractivity contribution < 1.29 is 19.1 Å². The lowest BCUT2D eigenvalue weighted by atomic mass is 10.0. The van der Waals surface area contributed by atoms with Gasteiger partial charge in [0.2, 0.25) is 5.91 Å². The predicted molar refractivity (Wildman–Crippen MR) is 108 cm³/mol. The topological polar surface area (TPSA) is 63.7 Å². The van der Waals surface area contributed by atoms with E-state index in [-0.39, 0.29) is 23.9 Å². The number of hydrogen-bond acceptors (Lipinski definition) is 4. The van der Waals surface area contributed by atoms with E-state index in [0.29, 0.717) is 12.1 Å². The highest BCUT2D eigenvalue weighted by Gasteiger charge is 2.38. The Kier molecular flexibility index (Phi) is 5.93. The number of carbonyl (C=O) groups is 3. The predicted octanol–water partition coefficient (Wildman–Crippen LogP) is 3.97. The molecule has 2 aromatic carbocycles. The van der Waals surface area contributed by atoms with Gasteiger partial charge in [0.1, 0.15) is 5.75 Å². The SMILES string of the molecule is CCc1cccc(CC)c1N1C[C@H](C(=O)Oc2ccccc2C(C)=O)CC1=O. The van der Waals surface area contributed by atoms with Crippen LogP contribution in [-0.2, 0) is 22.4 Å². The molecule has 0 aromatic heterocycles. The minimum atomic E-state index is -0.554. The number of anilines is 1. The molecule has 0 spiro atoms. The van der Waals surface area contributed by atoms with Crippen LogP contribution in [0.3, 0.4) is 0 Å². The Bertz CT molecular complexity index is 896. The number of hydrogen-bond donors (Lipinski definition) is 0. The summed E-state index contributed by atoms with van der Waals surface area (Å²) in [7, 11) is 0. The first-order valence-corrected chi connectivity index (χ1v) is 9.69. The zero-order valence-corrected chi connectivity index (χ0v) is 16.5. The first kappa shape index (κ1) is 19.8. The number of aryl methyl sites for hydroxylation is 2. The van der Waals surface area contributed by atoms with Crippen molar-refractivity contribution in [2.45, 2.75) is 40.0 Å². The van der Waals surface area contributed by atoms with Gasteiger partial charge in [-0.25, -0.2) is 0 Å². The van der Waals surface area contributed by atoms with Crippen LogP contribution in [0.2, 0.25) is 0 Å². The Balaban J connectivity index is 1.82. The quantitative estimate of drug-likeness (QED) is 0.433. The van der Waals surface area contributed by atoms with Crippen LogP contribution < -0.4 is 9.64 Å². The highest BCUT2D eigenvalue weighted by Crippen LogP contribution is 2.33. The second-order valence-corrected chi connectivity index (χ2v) is 7.01. The lowest BCUT2D eigenvalue weighted by Crippen LogP contribution is -2.29. The van der Waals surface area contributed by atoms with Crippen molar-refractivity contribution in [2.24, 2.45) is 5.92 Å². The van der Waals surface area contributed by atoms with Crippen molar-refractivity contribution in [3.63, 3.8) is 0 Å². The Labute approximate surface area is 165 Å². The Morgan fingerprint density at radius 1 is 1.04 bits per heavy atom. The van der Waals surface area contributed by atoms with Gasteiger partial charge in [-0.2, -0.15) is 0 Å². The number of Topliss-reactive ketones (excluding diaryl/α,β-unsaturated/α-hetero) is 1. The molecule has 0 radical (unpaired) electrons. The number of ketones is 1. The normalized spacial score (nSPS) is 16.3. The van der Waals surface area contributed by atoms with Crippen molar-refractivity contribution in [2.75, 3.05) is 11.4 Å². The highest BCUT2D eigenvalue weighted by molar-refractivity contribution is 6.01. The molecule has 5 heteroatoms. The monoisotopic (exact) mass is 379 g/mol. The van der Waals surface area contributed by atoms with E-state index in [1.165, 1.54) is 6.92 Å². The molecule has 1 amide bonds. The summed E-state index contributed by atoms with van der Waals surface area (Å²) in [4.78, 5) is 38.9. The number of esters is 1. The van der Waals surface area contributed by atoms with Crippen molar-refractivity contribution >= 4 is 23.3 Å². The van der Waals surface area contributed by atoms with Gasteiger partial charge in [0.05, 0.1) is 11.5 Å². The lowest BCUT2D eigenvalue weighted by Gasteiger charge is -2.23. The van der Waals surface area contributed by atoms with E-state index >= 15 is 0 Å². The molecule has 1 fully saturated rings. The van der Waals surface area contributed by atoms with Crippen molar-refractivity contribution in [3.05, 3.63) is 59.2 Å². The molecule has 1 aliphatic rings. The van der Waals surface area contributed by atoms with Crippen LogP contribution in [0, 0.1) is 5.92 Å². The Morgan fingerprint density at radius 2 is 1.68 bits per heavy atom. The summed E-state index contributed by atoms with van der Waals surface area (Å²) in [5.74, 6) is -1.03. The van der Waals surface area contributed by atoms with Gasteiger partial charge in [0, 0.05) is 18.7 Å². The maximum atomic E-state index is 12.7. The molecule has 1 saturated heterocycles. The molecule has 1 atom stereocenters. The third-order valence-electron chi connectivity index (χ3n) is 5.17. The molecule has 0 aliphatic carbocycles. The van der Waals surface area contributed by atoms with Gasteiger partial charge in [-0.1, -0.05) is 44.2 Å². The molecule has 0 bridgehead atoms. The van der Waals surface area contributed by atoms with E-state index in [1.54, 1.807) is 29.2 Å². The summed E-state index contributed by atoms with van der Waals surface area (Å²) < 4.78 is 5.50. The number of benzene rings is 2. The van der Waals surface area contributed by atoms with Crippen LogP contribution in [0.1, 0.15) is 48.7 Å². The Hall–Kier alpha value is -2.95. The molecule has 0 N–H and O–H groups in total. The van der Waals surface area contributed by atoms with Gasteiger partial charge in [-0.15, -0.1) is 0 Å². The summed E-state index contributed by atoms with van der Waals surface area (Å²) in [5.41, 5.74) is 3.49. The summed E-state index contributed by atoms with van der Waals surface area (Å²) in [6, 6.07) is 12.7. The fourth-order valence-corrected chi connectivity index (χ4v) is 3.68. The number of amides is 1. The number of nitrogens with zero attached hydrogens (tertiary/aromatic N) is 1. The second-order valence-electron chi connectivity index (χ2n) is 7.01. The van der Waals surface area contributed by atoms with Gasteiger partial charge >= 0.3 is 5.97 Å². The van der Waals surface area contributed by atoms with Crippen LogP contribution in [0.25, 0.3) is 0 Å². The molecule has 28 heavy (non-hydrogen) atoms. The summed E-state index contributed by atoms with van der Waals surface area (Å²) in [6.45, 7) is 5.85. The summed E-state index contributed by atoms with van der Waals surface area (Å²) in [5, 5.41) is 0. The molecule has 0 unspecified atom stereocenters. The van der Waals surface area contributed by atoms with Gasteiger partial charge in [0.15, 0.2) is 5.78 Å². The van der Waals surface area contributed by atoms with E-state index in [1.807, 2.05) is 18.2 Å². The minimum Gasteiger partial charge on any atom is -0.425 e. The van der Waals surface area contributed by atoms with Crippen LogP contribution in [0.5, 0.6) is 5.75 Å². The number of carbonyl (C=O) groups excluding carboxylic acids is 3.